The normalized spacial score (nSPS) is 13.5. The van der Waals surface area contributed by atoms with E-state index in [0.29, 0.717) is 12.8 Å². The summed E-state index contributed by atoms with van der Waals surface area (Å²) < 4.78 is 16.7. The maximum atomic E-state index is 12.8. The van der Waals surface area contributed by atoms with Gasteiger partial charge in [-0.25, -0.2) is 0 Å². The zero-order chi connectivity index (χ0) is 51.4. The van der Waals surface area contributed by atoms with Crippen LogP contribution in [0.25, 0.3) is 0 Å². The number of allylic oxidation sites excluding steroid dienone is 28. The SMILES string of the molecule is CC/C=C\C/C=C\C/C=C\C/C=C\C/C=C\C/C=C\C/C=C\CCCC(=O)OCC(COC(=O)CC/C=C\C/C=C\C/C=C\C/C=C\CC)OC(=O)CCCCCCCCC/C=C\C/C=C\C/C=C\CC. The molecule has 0 rings (SSSR count). The Hall–Kier alpha value is -5.23. The molecule has 1 unspecified atom stereocenters. The quantitative estimate of drug-likeness (QED) is 0.0262. The number of carbonyl (C=O) groups is 3. The minimum atomic E-state index is -0.845. The van der Waals surface area contributed by atoms with Crippen LogP contribution < -0.4 is 0 Å². The van der Waals surface area contributed by atoms with E-state index >= 15 is 0 Å². The van der Waals surface area contributed by atoms with Crippen molar-refractivity contribution in [1.82, 2.24) is 0 Å². The highest BCUT2D eigenvalue weighted by molar-refractivity contribution is 5.71. The first kappa shape index (κ1) is 65.8. The Morgan fingerprint density at radius 3 is 0.915 bits per heavy atom. The minimum Gasteiger partial charge on any atom is -0.462 e. The predicted octanol–water partition coefficient (Wildman–Crippen LogP) is 18.8. The van der Waals surface area contributed by atoms with Crippen LogP contribution in [0.1, 0.15) is 201 Å². The van der Waals surface area contributed by atoms with E-state index in [9.17, 15) is 14.4 Å². The van der Waals surface area contributed by atoms with Crippen molar-refractivity contribution in [2.24, 2.45) is 0 Å². The average Bonchev–Trinajstić information content (AvgIpc) is 3.37. The van der Waals surface area contributed by atoms with Crippen LogP contribution in [0.5, 0.6) is 0 Å². The Morgan fingerprint density at radius 2 is 0.549 bits per heavy atom. The summed E-state index contributed by atoms with van der Waals surface area (Å²) in [5.74, 6) is -1.10. The lowest BCUT2D eigenvalue weighted by atomic mass is 10.1. The first-order chi connectivity index (χ1) is 35.0. The molecular formula is C65H98O6. The van der Waals surface area contributed by atoms with Gasteiger partial charge in [-0.3, -0.25) is 14.4 Å². The van der Waals surface area contributed by atoms with Crippen molar-refractivity contribution in [1.29, 1.82) is 0 Å². The van der Waals surface area contributed by atoms with E-state index in [1.165, 1.54) is 19.3 Å². The number of ether oxygens (including phenoxy) is 3. The summed E-state index contributed by atoms with van der Waals surface area (Å²) in [5.41, 5.74) is 0. The van der Waals surface area contributed by atoms with Gasteiger partial charge < -0.3 is 14.2 Å². The van der Waals surface area contributed by atoms with E-state index in [-0.39, 0.29) is 50.4 Å². The highest BCUT2D eigenvalue weighted by atomic mass is 16.6. The molecule has 6 nitrogen and oxygen atoms in total. The van der Waals surface area contributed by atoms with Crippen LogP contribution in [0.4, 0.5) is 0 Å². The van der Waals surface area contributed by atoms with Gasteiger partial charge in [0.05, 0.1) is 0 Å². The Kier molecular flexibility index (Phi) is 53.1. The Balaban J connectivity index is 4.58. The first-order valence-corrected chi connectivity index (χ1v) is 27.6. The number of hydrogen-bond acceptors (Lipinski definition) is 6. The monoisotopic (exact) mass is 975 g/mol. The molecule has 0 radical (unpaired) electrons. The molecule has 1 atom stereocenters. The molecule has 71 heavy (non-hydrogen) atoms. The van der Waals surface area contributed by atoms with Crippen molar-refractivity contribution >= 4 is 17.9 Å². The molecule has 0 saturated heterocycles. The maximum Gasteiger partial charge on any atom is 0.306 e. The molecule has 6 heteroatoms. The molecule has 0 aromatic heterocycles. The molecule has 0 aliphatic heterocycles. The van der Waals surface area contributed by atoms with Crippen molar-refractivity contribution in [3.8, 4) is 0 Å². The maximum absolute atomic E-state index is 12.8. The van der Waals surface area contributed by atoms with Crippen molar-refractivity contribution in [3.63, 3.8) is 0 Å². The van der Waals surface area contributed by atoms with Gasteiger partial charge in [0.2, 0.25) is 0 Å². The van der Waals surface area contributed by atoms with E-state index in [1.54, 1.807) is 0 Å². The third-order valence-electron chi connectivity index (χ3n) is 10.7. The lowest BCUT2D eigenvalue weighted by Gasteiger charge is -2.18. The number of esters is 3. The van der Waals surface area contributed by atoms with Crippen LogP contribution in [0, 0.1) is 0 Å². The second kappa shape index (κ2) is 57.3. The van der Waals surface area contributed by atoms with Crippen LogP contribution in [0.2, 0.25) is 0 Å². The number of rotatable bonds is 47. The van der Waals surface area contributed by atoms with Gasteiger partial charge in [0.25, 0.3) is 0 Å². The van der Waals surface area contributed by atoms with Gasteiger partial charge in [-0.15, -0.1) is 0 Å². The summed E-state index contributed by atoms with van der Waals surface area (Å²) in [5, 5.41) is 0. The van der Waals surface area contributed by atoms with Crippen molar-refractivity contribution in [3.05, 3.63) is 170 Å². The molecule has 0 aliphatic rings. The Labute approximate surface area is 434 Å². The summed E-state index contributed by atoms with van der Waals surface area (Å²) in [4.78, 5) is 38.1. The van der Waals surface area contributed by atoms with Crippen molar-refractivity contribution < 1.29 is 28.6 Å². The van der Waals surface area contributed by atoms with Gasteiger partial charge in [0.1, 0.15) is 13.2 Å². The first-order valence-electron chi connectivity index (χ1n) is 27.6. The number of unbranched alkanes of at least 4 members (excludes halogenated alkanes) is 8. The largest absolute Gasteiger partial charge is 0.462 e. The summed E-state index contributed by atoms with van der Waals surface area (Å²) in [6.45, 7) is 6.15. The highest BCUT2D eigenvalue weighted by Crippen LogP contribution is 2.12. The molecule has 0 N–H and O–H groups in total. The predicted molar refractivity (Wildman–Crippen MR) is 306 cm³/mol. The molecule has 0 heterocycles. The van der Waals surface area contributed by atoms with Gasteiger partial charge >= 0.3 is 17.9 Å². The number of hydrogen-bond donors (Lipinski definition) is 0. The molecule has 0 aromatic carbocycles. The lowest BCUT2D eigenvalue weighted by molar-refractivity contribution is -0.166. The van der Waals surface area contributed by atoms with E-state index in [1.807, 2.05) is 12.2 Å². The van der Waals surface area contributed by atoms with Crippen LogP contribution in [0.15, 0.2) is 170 Å². The van der Waals surface area contributed by atoms with E-state index in [4.69, 9.17) is 14.2 Å². The number of carbonyl (C=O) groups excluding carboxylic acids is 3. The Morgan fingerprint density at radius 1 is 0.282 bits per heavy atom. The van der Waals surface area contributed by atoms with Crippen LogP contribution in [-0.2, 0) is 28.6 Å². The fraction of sp³-hybridized carbons (Fsp3) is 0.523. The van der Waals surface area contributed by atoms with Gasteiger partial charge in [-0.05, 0) is 128 Å². The summed E-state index contributed by atoms with van der Waals surface area (Å²) in [7, 11) is 0. The smallest absolute Gasteiger partial charge is 0.306 e. The molecular weight excluding hydrogens is 877 g/mol. The molecule has 0 fully saturated rings. The van der Waals surface area contributed by atoms with Gasteiger partial charge in [0, 0.05) is 19.3 Å². The van der Waals surface area contributed by atoms with Gasteiger partial charge in [-0.1, -0.05) is 223 Å². The lowest BCUT2D eigenvalue weighted by Crippen LogP contribution is -2.30. The molecule has 0 saturated carbocycles. The van der Waals surface area contributed by atoms with Crippen LogP contribution in [-0.4, -0.2) is 37.2 Å². The second-order valence-electron chi connectivity index (χ2n) is 17.3. The third kappa shape index (κ3) is 55.6. The standard InChI is InChI=1S/C65H98O6/c1-4-7-10-13-16-19-22-25-27-29-30-31-32-33-34-36-37-40-43-46-49-52-55-58-64(67)70-61-62(60-69-63(66)57-54-51-48-45-42-39-24-21-18-15-12-9-6-3)71-65(68)59-56-53-50-47-44-41-38-35-28-26-23-20-17-14-11-8-5-2/h7-12,16-21,25-28,30-31,33-34,37,39-40,42,46,48-49,51,62H,4-6,13-15,22-24,29,32,35-36,38,41,43-45,47,50,52-61H2,1-3H3/b10-7-,11-8-,12-9-,19-16-,20-17-,21-18-,27-25-,28-26-,31-30-,34-33-,40-37-,42-39-,49-46-,51-48-. The molecule has 394 valence electrons. The summed E-state index contributed by atoms with van der Waals surface area (Å²) in [6, 6.07) is 0. The topological polar surface area (TPSA) is 78.9 Å². The fourth-order valence-electron chi connectivity index (χ4n) is 6.69. The van der Waals surface area contributed by atoms with Gasteiger partial charge in [-0.2, -0.15) is 0 Å². The van der Waals surface area contributed by atoms with Crippen LogP contribution in [0.3, 0.4) is 0 Å². The van der Waals surface area contributed by atoms with Crippen molar-refractivity contribution in [2.75, 3.05) is 13.2 Å². The minimum absolute atomic E-state index is 0.143. The van der Waals surface area contributed by atoms with E-state index in [2.05, 4.69) is 179 Å². The molecule has 0 spiro atoms. The van der Waals surface area contributed by atoms with Crippen molar-refractivity contribution in [2.45, 2.75) is 207 Å². The van der Waals surface area contributed by atoms with Crippen LogP contribution >= 0.6 is 0 Å². The zero-order valence-electron chi connectivity index (χ0n) is 44.9. The van der Waals surface area contributed by atoms with Gasteiger partial charge in [0.15, 0.2) is 6.10 Å². The molecule has 0 amide bonds. The summed E-state index contributed by atoms with van der Waals surface area (Å²) in [6.07, 6.45) is 85.0. The van der Waals surface area contributed by atoms with E-state index < -0.39 is 6.10 Å². The van der Waals surface area contributed by atoms with E-state index in [0.717, 1.165) is 128 Å². The summed E-state index contributed by atoms with van der Waals surface area (Å²) >= 11 is 0. The highest BCUT2D eigenvalue weighted by Gasteiger charge is 2.19. The second-order valence-corrected chi connectivity index (χ2v) is 17.3. The Bertz CT molecular complexity index is 1690. The fourth-order valence-corrected chi connectivity index (χ4v) is 6.69. The molecule has 0 aromatic rings. The third-order valence-corrected chi connectivity index (χ3v) is 10.7. The zero-order valence-corrected chi connectivity index (χ0v) is 44.9. The molecule has 0 aliphatic carbocycles. The average molecular weight is 975 g/mol. The molecule has 0 bridgehead atoms.